The van der Waals surface area contributed by atoms with Gasteiger partial charge in [0.2, 0.25) is 0 Å². The molecule has 2 aromatic carbocycles. The van der Waals surface area contributed by atoms with Gasteiger partial charge in [0.05, 0.1) is 13.5 Å². The summed E-state index contributed by atoms with van der Waals surface area (Å²) in [7, 11) is 1.40. The molecule has 3 rings (SSSR count). The highest BCUT2D eigenvalue weighted by Gasteiger charge is 2.09. The lowest BCUT2D eigenvalue weighted by Gasteiger charge is -2.09. The number of rotatable bonds is 6. The maximum absolute atomic E-state index is 11.4. The van der Waals surface area contributed by atoms with Gasteiger partial charge in [-0.25, -0.2) is 9.97 Å². The number of ether oxygens (including phenoxy) is 1. The van der Waals surface area contributed by atoms with Gasteiger partial charge in [-0.2, -0.15) is 0 Å². The molecule has 4 nitrogen and oxygen atoms in total. The molecule has 0 spiro atoms. The van der Waals surface area contributed by atoms with E-state index in [1.165, 1.54) is 7.11 Å². The minimum absolute atomic E-state index is 0.239. The van der Waals surface area contributed by atoms with E-state index in [0.717, 1.165) is 34.5 Å². The summed E-state index contributed by atoms with van der Waals surface area (Å²) in [6, 6.07) is 17.6. The fourth-order valence-corrected chi connectivity index (χ4v) is 3.00. The highest BCUT2D eigenvalue weighted by molar-refractivity contribution is 6.30. The Labute approximate surface area is 177 Å². The predicted molar refractivity (Wildman–Crippen MR) is 118 cm³/mol. The Morgan fingerprint density at radius 2 is 1.62 bits per heavy atom. The van der Waals surface area contributed by atoms with Crippen molar-refractivity contribution in [3.8, 4) is 11.4 Å². The van der Waals surface area contributed by atoms with Crippen molar-refractivity contribution in [3.63, 3.8) is 0 Å². The number of esters is 1. The Morgan fingerprint density at radius 3 is 2.24 bits per heavy atom. The molecule has 0 N–H and O–H groups in total. The molecule has 0 atom stereocenters. The third kappa shape index (κ3) is 6.68. The van der Waals surface area contributed by atoms with Crippen LogP contribution in [0.5, 0.6) is 0 Å². The van der Waals surface area contributed by atoms with E-state index < -0.39 is 0 Å². The quantitative estimate of drug-likeness (QED) is 0.489. The number of halogens is 1. The summed E-state index contributed by atoms with van der Waals surface area (Å²) in [5.74, 6) is 0.450. The minimum Gasteiger partial charge on any atom is -0.469 e. The predicted octanol–water partition coefficient (Wildman–Crippen LogP) is 5.69. The van der Waals surface area contributed by atoms with Crippen molar-refractivity contribution in [3.05, 3.63) is 82.1 Å². The van der Waals surface area contributed by atoms with Gasteiger partial charge < -0.3 is 4.74 Å². The first-order valence-corrected chi connectivity index (χ1v) is 10.2. The molecular formula is C24H27ClN2O2. The van der Waals surface area contributed by atoms with E-state index in [4.69, 9.17) is 21.3 Å². The maximum Gasteiger partial charge on any atom is 0.309 e. The molecule has 0 saturated heterocycles. The van der Waals surface area contributed by atoms with E-state index >= 15 is 0 Å². The van der Waals surface area contributed by atoms with Crippen LogP contribution in [0.4, 0.5) is 0 Å². The number of methoxy groups -OCH3 is 1. The Morgan fingerprint density at radius 1 is 0.966 bits per heavy atom. The minimum atomic E-state index is -0.239. The molecule has 0 bridgehead atoms. The van der Waals surface area contributed by atoms with Gasteiger partial charge in [0.25, 0.3) is 0 Å². The lowest BCUT2D eigenvalue weighted by atomic mass is 10.0. The molecule has 29 heavy (non-hydrogen) atoms. The average molecular weight is 411 g/mol. The first kappa shape index (κ1) is 22.6. The molecule has 1 aromatic heterocycles. The van der Waals surface area contributed by atoms with Gasteiger partial charge in [-0.05, 0) is 35.7 Å². The first-order chi connectivity index (χ1) is 14.1. The molecule has 1 heterocycles. The molecule has 0 saturated carbocycles. The van der Waals surface area contributed by atoms with Crippen LogP contribution in [-0.2, 0) is 28.8 Å². The topological polar surface area (TPSA) is 52.1 Å². The van der Waals surface area contributed by atoms with Gasteiger partial charge in [-0.3, -0.25) is 4.79 Å². The summed E-state index contributed by atoms with van der Waals surface area (Å²) < 4.78 is 4.70. The summed E-state index contributed by atoms with van der Waals surface area (Å²) >= 11 is 6.11. The van der Waals surface area contributed by atoms with E-state index in [1.807, 2.05) is 68.4 Å². The summed E-state index contributed by atoms with van der Waals surface area (Å²) in [6.07, 6.45) is 1.81. The van der Waals surface area contributed by atoms with Crippen LogP contribution >= 0.6 is 11.6 Å². The third-order valence-electron chi connectivity index (χ3n) is 4.26. The fourth-order valence-electron chi connectivity index (χ4n) is 2.81. The molecule has 0 radical (unpaired) electrons. The number of carbonyl (C=O) groups excluding carboxylic acids is 1. The number of hydrogen-bond donors (Lipinski definition) is 0. The second-order valence-electron chi connectivity index (χ2n) is 6.28. The van der Waals surface area contributed by atoms with Crippen molar-refractivity contribution in [2.75, 3.05) is 7.11 Å². The smallest absolute Gasteiger partial charge is 0.309 e. The van der Waals surface area contributed by atoms with Crippen LogP contribution in [0.2, 0.25) is 5.02 Å². The van der Waals surface area contributed by atoms with Gasteiger partial charge in [-0.15, -0.1) is 0 Å². The number of carbonyl (C=O) groups is 1. The Kier molecular flexibility index (Phi) is 8.81. The fraction of sp³-hybridized carbons (Fsp3) is 0.292. The van der Waals surface area contributed by atoms with Crippen molar-refractivity contribution in [1.29, 1.82) is 0 Å². The molecule has 3 aromatic rings. The molecule has 5 heteroatoms. The maximum atomic E-state index is 11.4. The van der Waals surface area contributed by atoms with Crippen LogP contribution in [0.1, 0.15) is 43.3 Å². The zero-order chi connectivity index (χ0) is 21.2. The number of aromatic nitrogens is 2. The zero-order valence-electron chi connectivity index (χ0n) is 17.4. The van der Waals surface area contributed by atoms with E-state index in [1.54, 1.807) is 0 Å². The standard InChI is InChI=1S/C22H21ClN2O2.C2H6/c1-3-19-14-20(25-22(24-19)17-5-4-6-18(23)13-17)11-15-7-9-16(10-8-15)12-21(26)27-2;1-2/h4-10,13-14H,3,11-12H2,1-2H3;1-2H3. The Hall–Kier alpha value is -2.72. The number of benzene rings is 2. The van der Waals surface area contributed by atoms with Crippen LogP contribution in [0.25, 0.3) is 11.4 Å². The number of hydrogen-bond acceptors (Lipinski definition) is 4. The highest BCUT2D eigenvalue weighted by atomic mass is 35.5. The SMILES string of the molecule is CC.CCc1cc(Cc2ccc(CC(=O)OC)cc2)nc(-c2cccc(Cl)c2)n1. The van der Waals surface area contributed by atoms with Crippen molar-refractivity contribution in [2.24, 2.45) is 0 Å². The zero-order valence-corrected chi connectivity index (χ0v) is 18.2. The van der Waals surface area contributed by atoms with Crippen molar-refractivity contribution in [2.45, 2.75) is 40.0 Å². The molecule has 0 aliphatic heterocycles. The molecular weight excluding hydrogens is 384 g/mol. The Bertz CT molecular complexity index is 940. The molecule has 0 aliphatic carbocycles. The lowest BCUT2D eigenvalue weighted by Crippen LogP contribution is -2.04. The van der Waals surface area contributed by atoms with Crippen LogP contribution in [0.3, 0.4) is 0 Å². The van der Waals surface area contributed by atoms with Crippen molar-refractivity contribution < 1.29 is 9.53 Å². The molecule has 0 unspecified atom stereocenters. The average Bonchev–Trinajstić information content (AvgIpc) is 2.76. The van der Waals surface area contributed by atoms with Crippen molar-refractivity contribution in [1.82, 2.24) is 9.97 Å². The second kappa shape index (κ2) is 11.3. The lowest BCUT2D eigenvalue weighted by molar-refractivity contribution is -0.139. The Balaban J connectivity index is 0.00000145. The van der Waals surface area contributed by atoms with Crippen LogP contribution in [0, 0.1) is 0 Å². The molecule has 152 valence electrons. The third-order valence-corrected chi connectivity index (χ3v) is 4.50. The molecule has 0 fully saturated rings. The van der Waals surface area contributed by atoms with E-state index in [-0.39, 0.29) is 12.4 Å². The first-order valence-electron chi connectivity index (χ1n) is 9.84. The van der Waals surface area contributed by atoms with Gasteiger partial charge in [0.15, 0.2) is 5.82 Å². The van der Waals surface area contributed by atoms with Gasteiger partial charge >= 0.3 is 5.97 Å². The van der Waals surface area contributed by atoms with Crippen LogP contribution in [-0.4, -0.2) is 23.0 Å². The number of aryl methyl sites for hydroxylation is 1. The molecule has 0 amide bonds. The van der Waals surface area contributed by atoms with Gasteiger partial charge in [-0.1, -0.05) is 68.8 Å². The monoisotopic (exact) mass is 410 g/mol. The van der Waals surface area contributed by atoms with Gasteiger partial charge in [0.1, 0.15) is 0 Å². The summed E-state index contributed by atoms with van der Waals surface area (Å²) in [5.41, 5.74) is 4.92. The van der Waals surface area contributed by atoms with Crippen LogP contribution in [0.15, 0.2) is 54.6 Å². The normalized spacial score (nSPS) is 10.1. The second-order valence-corrected chi connectivity index (χ2v) is 6.72. The summed E-state index contributed by atoms with van der Waals surface area (Å²) in [6.45, 7) is 6.08. The molecule has 0 aliphatic rings. The van der Waals surface area contributed by atoms with Crippen LogP contribution < -0.4 is 0 Å². The van der Waals surface area contributed by atoms with Gasteiger partial charge in [0, 0.05) is 28.4 Å². The van der Waals surface area contributed by atoms with E-state index in [0.29, 0.717) is 17.3 Å². The largest absolute Gasteiger partial charge is 0.469 e. The van der Waals surface area contributed by atoms with E-state index in [9.17, 15) is 4.79 Å². The van der Waals surface area contributed by atoms with Crippen molar-refractivity contribution >= 4 is 17.6 Å². The van der Waals surface area contributed by atoms with E-state index in [2.05, 4.69) is 11.9 Å². The number of nitrogens with zero attached hydrogens (tertiary/aromatic N) is 2. The summed E-state index contributed by atoms with van der Waals surface area (Å²) in [4.78, 5) is 20.7. The summed E-state index contributed by atoms with van der Waals surface area (Å²) in [5, 5.41) is 0.667. The highest BCUT2D eigenvalue weighted by Crippen LogP contribution is 2.21.